The van der Waals surface area contributed by atoms with Gasteiger partial charge in [0.15, 0.2) is 5.65 Å². The van der Waals surface area contributed by atoms with Crippen LogP contribution >= 0.6 is 0 Å². The molecule has 0 aliphatic carbocycles. The van der Waals surface area contributed by atoms with Crippen LogP contribution in [-0.2, 0) is 0 Å². The zero-order chi connectivity index (χ0) is 17.6. The van der Waals surface area contributed by atoms with E-state index in [2.05, 4.69) is 15.0 Å². The van der Waals surface area contributed by atoms with E-state index in [9.17, 15) is 14.3 Å². The van der Waals surface area contributed by atoms with Crippen LogP contribution in [0.25, 0.3) is 11.2 Å². The molecule has 1 aliphatic heterocycles. The second kappa shape index (κ2) is 5.93. The summed E-state index contributed by atoms with van der Waals surface area (Å²) >= 11 is 0. The molecule has 0 saturated carbocycles. The van der Waals surface area contributed by atoms with Crippen LogP contribution in [-0.4, -0.2) is 43.5 Å². The first kappa shape index (κ1) is 15.7. The fraction of sp³-hybridized carbons (Fsp3) is 0.278. The number of aryl methyl sites for hydroxylation is 1. The van der Waals surface area contributed by atoms with Gasteiger partial charge in [0, 0.05) is 12.7 Å². The number of β-amino-alcohol motifs (C(OH)–C–C–N with tert-alkyl or cyclic N) is 1. The average Bonchev–Trinajstić information content (AvgIpc) is 3.16. The Morgan fingerprint density at radius 1 is 1.32 bits per heavy atom. The summed E-state index contributed by atoms with van der Waals surface area (Å²) in [7, 11) is 0. The summed E-state index contributed by atoms with van der Waals surface area (Å²) in [5.74, 6) is 0.144. The molecule has 1 fully saturated rings. The Hall–Kier alpha value is -2.80. The van der Waals surface area contributed by atoms with Gasteiger partial charge >= 0.3 is 0 Å². The summed E-state index contributed by atoms with van der Waals surface area (Å²) in [5.41, 5.74) is 2.34. The molecule has 25 heavy (non-hydrogen) atoms. The van der Waals surface area contributed by atoms with Crippen molar-refractivity contribution in [3.05, 3.63) is 59.3 Å². The van der Waals surface area contributed by atoms with Crippen molar-refractivity contribution in [3.8, 4) is 0 Å². The van der Waals surface area contributed by atoms with Crippen LogP contribution in [0.4, 0.5) is 4.39 Å². The number of fused-ring (bicyclic) bond motifs is 1. The van der Waals surface area contributed by atoms with Gasteiger partial charge in [-0.15, -0.1) is 0 Å². The molecule has 0 unspecified atom stereocenters. The van der Waals surface area contributed by atoms with Gasteiger partial charge in [-0.05, 0) is 37.1 Å². The molecule has 128 valence electrons. The maximum atomic E-state index is 13.2. The minimum absolute atomic E-state index is 0.207. The molecule has 1 amide bonds. The molecule has 2 atom stereocenters. The lowest BCUT2D eigenvalue weighted by Crippen LogP contribution is -2.32. The number of aliphatic hydroxyl groups excluding tert-OH is 1. The summed E-state index contributed by atoms with van der Waals surface area (Å²) in [4.78, 5) is 26.3. The third-order valence-electron chi connectivity index (χ3n) is 4.54. The molecule has 0 spiro atoms. The van der Waals surface area contributed by atoms with Gasteiger partial charge in [-0.1, -0.05) is 12.1 Å². The van der Waals surface area contributed by atoms with Gasteiger partial charge in [-0.2, -0.15) is 0 Å². The van der Waals surface area contributed by atoms with Gasteiger partial charge in [0.05, 0.1) is 23.2 Å². The van der Waals surface area contributed by atoms with E-state index in [4.69, 9.17) is 0 Å². The number of nitrogens with one attached hydrogen (secondary N) is 1. The number of amides is 1. The molecule has 0 radical (unpaired) electrons. The standard InChI is InChI=1S/C18H17FN4O2/c1-10-21-16-14(6-7-20-17(16)22-10)18(25)23-9-13(24)8-15(23)11-2-4-12(19)5-3-11/h2-7,13,15,24H,8-9H2,1H3,(H,20,21,22)/t13-,15-/m0/s1. The monoisotopic (exact) mass is 340 g/mol. The fourth-order valence-corrected chi connectivity index (χ4v) is 3.40. The van der Waals surface area contributed by atoms with Crippen molar-refractivity contribution in [2.24, 2.45) is 0 Å². The maximum Gasteiger partial charge on any atom is 0.256 e. The predicted molar refractivity (Wildman–Crippen MR) is 89.4 cm³/mol. The van der Waals surface area contributed by atoms with Crippen LogP contribution < -0.4 is 0 Å². The number of imidazole rings is 1. The summed E-state index contributed by atoms with van der Waals surface area (Å²) < 4.78 is 13.2. The number of hydrogen-bond donors (Lipinski definition) is 2. The van der Waals surface area contributed by atoms with E-state index in [-0.39, 0.29) is 24.3 Å². The van der Waals surface area contributed by atoms with E-state index in [0.29, 0.717) is 29.0 Å². The van der Waals surface area contributed by atoms with E-state index < -0.39 is 6.10 Å². The highest BCUT2D eigenvalue weighted by molar-refractivity contribution is 6.04. The largest absolute Gasteiger partial charge is 0.391 e. The number of carbonyl (C=O) groups is 1. The highest BCUT2D eigenvalue weighted by atomic mass is 19.1. The molecule has 2 N–H and O–H groups in total. The number of hydrogen-bond acceptors (Lipinski definition) is 4. The van der Waals surface area contributed by atoms with Crippen LogP contribution in [0.5, 0.6) is 0 Å². The Bertz CT molecular complexity index is 938. The Morgan fingerprint density at radius 3 is 2.84 bits per heavy atom. The molecule has 4 rings (SSSR count). The number of rotatable bonds is 2. The lowest BCUT2D eigenvalue weighted by molar-refractivity contribution is 0.0717. The van der Waals surface area contributed by atoms with Crippen LogP contribution in [0, 0.1) is 12.7 Å². The molecule has 7 heteroatoms. The molecule has 3 aromatic rings. The minimum Gasteiger partial charge on any atom is -0.391 e. The first-order valence-corrected chi connectivity index (χ1v) is 8.09. The summed E-state index contributed by atoms with van der Waals surface area (Å²) in [6.45, 7) is 2.04. The number of halogens is 1. The van der Waals surface area contributed by atoms with E-state index in [1.807, 2.05) is 0 Å². The Kier molecular flexibility index (Phi) is 3.73. The lowest BCUT2D eigenvalue weighted by atomic mass is 10.0. The van der Waals surface area contributed by atoms with Gasteiger partial charge in [0.1, 0.15) is 11.6 Å². The molecule has 1 aliphatic rings. The number of aromatic amines is 1. The number of nitrogens with zero attached hydrogens (tertiary/aromatic N) is 3. The highest BCUT2D eigenvalue weighted by Crippen LogP contribution is 2.34. The van der Waals surface area contributed by atoms with Crippen molar-refractivity contribution in [2.45, 2.75) is 25.5 Å². The molecule has 1 aromatic carbocycles. The molecule has 6 nitrogen and oxygen atoms in total. The zero-order valence-corrected chi connectivity index (χ0v) is 13.6. The SMILES string of the molecule is Cc1nc2nccc(C(=O)N3C[C@@H](O)C[C@H]3c3ccc(F)cc3)c2[nH]1. The molecular formula is C18H17FN4O2. The van der Waals surface area contributed by atoms with Gasteiger partial charge in [0.25, 0.3) is 5.91 Å². The van der Waals surface area contributed by atoms with Crippen molar-refractivity contribution < 1.29 is 14.3 Å². The van der Waals surface area contributed by atoms with Crippen LogP contribution in [0.2, 0.25) is 0 Å². The smallest absolute Gasteiger partial charge is 0.256 e. The van der Waals surface area contributed by atoms with Crippen LogP contribution in [0.1, 0.15) is 34.2 Å². The molecule has 3 heterocycles. The number of pyridine rings is 1. The molecule has 0 bridgehead atoms. The second-order valence-electron chi connectivity index (χ2n) is 6.29. The topological polar surface area (TPSA) is 82.1 Å². The Labute approximate surface area is 143 Å². The number of carbonyl (C=O) groups excluding carboxylic acids is 1. The van der Waals surface area contributed by atoms with Crippen molar-refractivity contribution >= 4 is 17.1 Å². The van der Waals surface area contributed by atoms with E-state index in [1.165, 1.54) is 12.1 Å². The summed E-state index contributed by atoms with van der Waals surface area (Å²) in [6, 6.07) is 7.39. The number of H-pyrrole nitrogens is 1. The third kappa shape index (κ3) is 2.76. The van der Waals surface area contributed by atoms with Gasteiger partial charge in [0.2, 0.25) is 0 Å². The first-order chi connectivity index (χ1) is 12.0. The van der Waals surface area contributed by atoms with Gasteiger partial charge in [-0.25, -0.2) is 14.4 Å². The summed E-state index contributed by atoms with van der Waals surface area (Å²) in [5, 5.41) is 10.1. The number of likely N-dealkylation sites (tertiary alicyclic amines) is 1. The predicted octanol–water partition coefficient (Wildman–Crippen LogP) is 2.35. The minimum atomic E-state index is -0.611. The fourth-order valence-electron chi connectivity index (χ4n) is 3.40. The van der Waals surface area contributed by atoms with Crippen LogP contribution in [0.15, 0.2) is 36.5 Å². The van der Waals surface area contributed by atoms with E-state index >= 15 is 0 Å². The zero-order valence-electron chi connectivity index (χ0n) is 13.6. The van der Waals surface area contributed by atoms with E-state index in [0.717, 1.165) is 5.56 Å². The lowest BCUT2D eigenvalue weighted by Gasteiger charge is -2.25. The quantitative estimate of drug-likeness (QED) is 0.750. The maximum absolute atomic E-state index is 13.2. The second-order valence-corrected chi connectivity index (χ2v) is 6.29. The number of aromatic nitrogens is 3. The normalized spacial score (nSPS) is 20.4. The van der Waals surface area contributed by atoms with Crippen molar-refractivity contribution in [2.75, 3.05) is 6.54 Å². The van der Waals surface area contributed by atoms with Crippen molar-refractivity contribution in [1.29, 1.82) is 0 Å². The van der Waals surface area contributed by atoms with Gasteiger partial charge < -0.3 is 15.0 Å². The molecular weight excluding hydrogens is 323 g/mol. The van der Waals surface area contributed by atoms with E-state index in [1.54, 1.807) is 36.2 Å². The third-order valence-corrected chi connectivity index (χ3v) is 4.54. The Morgan fingerprint density at radius 2 is 2.08 bits per heavy atom. The van der Waals surface area contributed by atoms with Crippen LogP contribution in [0.3, 0.4) is 0 Å². The number of aliphatic hydroxyl groups is 1. The first-order valence-electron chi connectivity index (χ1n) is 8.09. The van der Waals surface area contributed by atoms with Crippen molar-refractivity contribution in [1.82, 2.24) is 19.9 Å². The van der Waals surface area contributed by atoms with Gasteiger partial charge in [-0.3, -0.25) is 4.79 Å². The molecule has 1 saturated heterocycles. The Balaban J connectivity index is 1.73. The number of benzene rings is 1. The average molecular weight is 340 g/mol. The summed E-state index contributed by atoms with van der Waals surface area (Å²) in [6.07, 6.45) is 1.36. The van der Waals surface area contributed by atoms with Crippen molar-refractivity contribution in [3.63, 3.8) is 0 Å². The molecule has 2 aromatic heterocycles. The highest BCUT2D eigenvalue weighted by Gasteiger charge is 2.36.